The first kappa shape index (κ1) is 11.9. The molecule has 2 rings (SSSR count). The molecule has 1 aliphatic rings. The Morgan fingerprint density at radius 1 is 1.39 bits per heavy atom. The van der Waals surface area contributed by atoms with Crippen molar-refractivity contribution < 1.29 is 14.3 Å². The standard InChI is InChI=1S/C14H11NO3/c1-2-17-14(16)11(9-15)13-8-7-10-5-3-4-6-12(10)18-13/h3-8H,2H2,1H3/b13-11+. The molecule has 0 atom stereocenters. The summed E-state index contributed by atoms with van der Waals surface area (Å²) >= 11 is 0. The predicted octanol–water partition coefficient (Wildman–Crippen LogP) is 2.43. The second-order valence-electron chi connectivity index (χ2n) is 3.54. The van der Waals surface area contributed by atoms with Gasteiger partial charge in [-0.1, -0.05) is 18.2 Å². The fourth-order valence-electron chi connectivity index (χ4n) is 1.57. The average molecular weight is 241 g/mol. The lowest BCUT2D eigenvalue weighted by atomic mass is 10.1. The van der Waals surface area contributed by atoms with Crippen molar-refractivity contribution in [2.24, 2.45) is 0 Å². The van der Waals surface area contributed by atoms with Crippen LogP contribution in [-0.2, 0) is 9.53 Å². The third-order valence-corrected chi connectivity index (χ3v) is 2.39. The third kappa shape index (κ3) is 2.25. The highest BCUT2D eigenvalue weighted by atomic mass is 16.5. The third-order valence-electron chi connectivity index (χ3n) is 2.39. The molecule has 0 radical (unpaired) electrons. The van der Waals surface area contributed by atoms with Crippen LogP contribution >= 0.6 is 0 Å². The maximum Gasteiger partial charge on any atom is 0.352 e. The number of esters is 1. The normalized spacial score (nSPS) is 15.1. The Bertz CT molecular complexity index is 579. The fourth-order valence-corrected chi connectivity index (χ4v) is 1.57. The number of rotatable bonds is 2. The molecule has 0 bridgehead atoms. The highest BCUT2D eigenvalue weighted by molar-refractivity contribution is 5.94. The molecule has 0 spiro atoms. The lowest BCUT2D eigenvalue weighted by Crippen LogP contribution is -2.12. The highest BCUT2D eigenvalue weighted by Crippen LogP contribution is 2.28. The van der Waals surface area contributed by atoms with Crippen LogP contribution in [0.2, 0.25) is 0 Å². The summed E-state index contributed by atoms with van der Waals surface area (Å²) in [4.78, 5) is 11.6. The van der Waals surface area contributed by atoms with E-state index in [2.05, 4.69) is 0 Å². The van der Waals surface area contributed by atoms with Gasteiger partial charge in [-0.15, -0.1) is 0 Å². The molecule has 90 valence electrons. The van der Waals surface area contributed by atoms with Gasteiger partial charge < -0.3 is 9.47 Å². The molecule has 1 aliphatic heterocycles. The number of carbonyl (C=O) groups excluding carboxylic acids is 1. The van der Waals surface area contributed by atoms with Gasteiger partial charge in [-0.05, 0) is 25.1 Å². The summed E-state index contributed by atoms with van der Waals surface area (Å²) < 4.78 is 10.3. The van der Waals surface area contributed by atoms with Gasteiger partial charge >= 0.3 is 5.97 Å². The Balaban J connectivity index is 2.37. The second-order valence-corrected chi connectivity index (χ2v) is 3.54. The average Bonchev–Trinajstić information content (AvgIpc) is 2.40. The number of nitriles is 1. The van der Waals surface area contributed by atoms with E-state index in [1.807, 2.05) is 24.3 Å². The van der Waals surface area contributed by atoms with E-state index in [0.717, 1.165) is 5.56 Å². The number of fused-ring (bicyclic) bond motifs is 1. The van der Waals surface area contributed by atoms with Gasteiger partial charge in [0.05, 0.1) is 6.61 Å². The number of hydrogen-bond donors (Lipinski definition) is 0. The van der Waals surface area contributed by atoms with Crippen LogP contribution in [0.3, 0.4) is 0 Å². The van der Waals surface area contributed by atoms with Gasteiger partial charge in [0.1, 0.15) is 11.8 Å². The summed E-state index contributed by atoms with van der Waals surface area (Å²) in [5.41, 5.74) is 0.782. The molecule has 0 aliphatic carbocycles. The van der Waals surface area contributed by atoms with E-state index in [0.29, 0.717) is 5.75 Å². The summed E-state index contributed by atoms with van der Waals surface area (Å²) in [5.74, 6) is 0.167. The zero-order valence-electron chi connectivity index (χ0n) is 9.84. The van der Waals surface area contributed by atoms with Gasteiger partial charge in [0.25, 0.3) is 0 Å². The molecule has 0 amide bonds. The Morgan fingerprint density at radius 2 is 2.17 bits per heavy atom. The van der Waals surface area contributed by atoms with Crippen molar-refractivity contribution in [3.05, 3.63) is 47.2 Å². The van der Waals surface area contributed by atoms with Crippen molar-refractivity contribution in [3.8, 4) is 11.8 Å². The minimum atomic E-state index is -0.668. The number of para-hydroxylation sites is 1. The second kappa shape index (κ2) is 5.19. The number of carbonyl (C=O) groups is 1. The molecule has 0 fully saturated rings. The SMILES string of the molecule is CCOC(=O)/C(C#N)=C1\C=Cc2ccccc2O1. The van der Waals surface area contributed by atoms with Crippen LogP contribution in [-0.4, -0.2) is 12.6 Å². The van der Waals surface area contributed by atoms with Crippen LogP contribution < -0.4 is 4.74 Å². The molecule has 0 saturated carbocycles. The van der Waals surface area contributed by atoms with Crippen molar-refractivity contribution in [1.29, 1.82) is 5.26 Å². The number of ether oxygens (including phenoxy) is 2. The molecular weight excluding hydrogens is 230 g/mol. The maximum absolute atomic E-state index is 11.6. The first-order valence-electron chi connectivity index (χ1n) is 5.52. The molecule has 1 heterocycles. The molecule has 4 heteroatoms. The monoisotopic (exact) mass is 241 g/mol. The molecule has 4 nitrogen and oxygen atoms in total. The van der Waals surface area contributed by atoms with Crippen molar-refractivity contribution >= 4 is 12.0 Å². The van der Waals surface area contributed by atoms with E-state index in [1.54, 1.807) is 25.1 Å². The summed E-state index contributed by atoms with van der Waals surface area (Å²) in [6.45, 7) is 1.90. The molecule has 1 aromatic rings. The minimum Gasteiger partial charge on any atom is -0.462 e. The van der Waals surface area contributed by atoms with E-state index >= 15 is 0 Å². The lowest BCUT2D eigenvalue weighted by molar-refractivity contribution is -0.138. The van der Waals surface area contributed by atoms with Gasteiger partial charge in [-0.2, -0.15) is 5.26 Å². The molecule has 0 N–H and O–H groups in total. The maximum atomic E-state index is 11.6. The molecular formula is C14H11NO3. The van der Waals surface area contributed by atoms with E-state index in [4.69, 9.17) is 14.7 Å². The Kier molecular flexibility index (Phi) is 3.44. The quantitative estimate of drug-likeness (QED) is 0.453. The largest absolute Gasteiger partial charge is 0.462 e. The van der Waals surface area contributed by atoms with Gasteiger partial charge in [-0.25, -0.2) is 4.79 Å². The Hall–Kier alpha value is -2.54. The predicted molar refractivity (Wildman–Crippen MR) is 65.4 cm³/mol. The van der Waals surface area contributed by atoms with Crippen LogP contribution in [0.1, 0.15) is 12.5 Å². The van der Waals surface area contributed by atoms with Crippen molar-refractivity contribution in [2.75, 3.05) is 6.61 Å². The molecule has 0 unspecified atom stereocenters. The summed E-state index contributed by atoms with van der Waals surface area (Å²) in [5, 5.41) is 9.00. The first-order chi connectivity index (χ1) is 8.76. The van der Waals surface area contributed by atoms with E-state index in [-0.39, 0.29) is 17.9 Å². The van der Waals surface area contributed by atoms with Crippen LogP contribution in [0, 0.1) is 11.3 Å². The van der Waals surface area contributed by atoms with Gasteiger partial charge in [0.15, 0.2) is 11.3 Å². The first-order valence-corrected chi connectivity index (χ1v) is 5.52. The number of nitrogens with zero attached hydrogens (tertiary/aromatic N) is 1. The summed E-state index contributed by atoms with van der Waals surface area (Å²) in [7, 11) is 0. The lowest BCUT2D eigenvalue weighted by Gasteiger charge is -2.15. The Morgan fingerprint density at radius 3 is 2.89 bits per heavy atom. The van der Waals surface area contributed by atoms with Crippen LogP contribution in [0.25, 0.3) is 6.08 Å². The van der Waals surface area contributed by atoms with Crippen molar-refractivity contribution in [2.45, 2.75) is 6.92 Å². The van der Waals surface area contributed by atoms with Crippen LogP contribution in [0.15, 0.2) is 41.7 Å². The molecule has 0 aromatic heterocycles. The van der Waals surface area contributed by atoms with Crippen LogP contribution in [0.4, 0.5) is 0 Å². The number of benzene rings is 1. The van der Waals surface area contributed by atoms with Crippen molar-refractivity contribution in [1.82, 2.24) is 0 Å². The summed E-state index contributed by atoms with van der Waals surface area (Å²) in [6, 6.07) is 9.19. The zero-order valence-corrected chi connectivity index (χ0v) is 9.84. The number of hydrogen-bond acceptors (Lipinski definition) is 4. The fraction of sp³-hybridized carbons (Fsp3) is 0.143. The molecule has 18 heavy (non-hydrogen) atoms. The topological polar surface area (TPSA) is 59.3 Å². The van der Waals surface area contributed by atoms with Gasteiger partial charge in [-0.3, -0.25) is 0 Å². The zero-order chi connectivity index (χ0) is 13.0. The van der Waals surface area contributed by atoms with Gasteiger partial charge in [0.2, 0.25) is 0 Å². The van der Waals surface area contributed by atoms with Crippen LogP contribution in [0.5, 0.6) is 5.75 Å². The minimum absolute atomic E-state index is 0.123. The Labute approximate surface area is 105 Å². The van der Waals surface area contributed by atoms with E-state index < -0.39 is 5.97 Å². The molecule has 1 aromatic carbocycles. The number of allylic oxidation sites excluding steroid dienone is 1. The van der Waals surface area contributed by atoms with Crippen molar-refractivity contribution in [3.63, 3.8) is 0 Å². The smallest absolute Gasteiger partial charge is 0.352 e. The molecule has 0 saturated heterocycles. The van der Waals surface area contributed by atoms with E-state index in [1.165, 1.54) is 0 Å². The summed E-state index contributed by atoms with van der Waals surface area (Å²) in [6.07, 6.45) is 3.39. The van der Waals surface area contributed by atoms with E-state index in [9.17, 15) is 4.79 Å². The highest BCUT2D eigenvalue weighted by Gasteiger charge is 2.19. The van der Waals surface area contributed by atoms with Gasteiger partial charge in [0, 0.05) is 5.56 Å².